The molecule has 1 rings (SSSR count). The molecule has 1 atom stereocenters. The van der Waals surface area contributed by atoms with Crippen molar-refractivity contribution in [2.24, 2.45) is 0 Å². The van der Waals surface area contributed by atoms with Crippen LogP contribution < -0.4 is 0 Å². The molecule has 2 nitrogen and oxygen atoms in total. The van der Waals surface area contributed by atoms with E-state index in [1.165, 1.54) is 0 Å². The van der Waals surface area contributed by atoms with Gasteiger partial charge in [0.15, 0.2) is 3.78 Å². The smallest absolute Gasteiger partial charge is 0.335 e. The van der Waals surface area contributed by atoms with E-state index >= 15 is 0 Å². The molecular weight excluding hydrogens is 359 g/mol. The third kappa shape index (κ3) is 5.39. The minimum absolute atomic E-state index is 0.388. The summed E-state index contributed by atoms with van der Waals surface area (Å²) in [6.45, 7) is 0. The van der Waals surface area contributed by atoms with Gasteiger partial charge in [-0.2, -0.15) is 11.8 Å². The molecule has 18 heavy (non-hydrogen) atoms. The van der Waals surface area contributed by atoms with Gasteiger partial charge in [0.25, 0.3) is 0 Å². The Morgan fingerprint density at radius 3 is 2.72 bits per heavy atom. The van der Waals surface area contributed by atoms with Crippen LogP contribution in [0, 0.1) is 0 Å². The number of halogens is 3. The second-order valence-corrected chi connectivity index (χ2v) is 7.73. The van der Waals surface area contributed by atoms with Crippen molar-refractivity contribution in [1.29, 1.82) is 0 Å². The highest BCUT2D eigenvalue weighted by Gasteiger charge is 2.31. The molecule has 0 aromatic heterocycles. The molecule has 0 spiro atoms. The van der Waals surface area contributed by atoms with Crippen molar-refractivity contribution in [1.82, 2.24) is 0 Å². The van der Waals surface area contributed by atoms with Crippen LogP contribution in [-0.4, -0.2) is 20.6 Å². The largest absolute Gasteiger partial charge is 0.479 e. The molecule has 0 bridgehead atoms. The highest BCUT2D eigenvalue weighted by atomic mass is 79.9. The first kappa shape index (κ1) is 16.2. The molecular formula is C12H13BrCl2O2S. The summed E-state index contributed by atoms with van der Waals surface area (Å²) in [6.07, 6.45) is 1.12. The van der Waals surface area contributed by atoms with Gasteiger partial charge in [-0.05, 0) is 30.2 Å². The Morgan fingerprint density at radius 1 is 1.44 bits per heavy atom. The van der Waals surface area contributed by atoms with Gasteiger partial charge in [-0.3, -0.25) is 0 Å². The molecule has 0 aliphatic heterocycles. The lowest BCUT2D eigenvalue weighted by Crippen LogP contribution is -2.24. The van der Waals surface area contributed by atoms with E-state index in [1.807, 2.05) is 24.3 Å². The molecule has 1 aromatic carbocycles. The van der Waals surface area contributed by atoms with Crippen molar-refractivity contribution < 1.29 is 9.90 Å². The van der Waals surface area contributed by atoms with Crippen LogP contribution in [0.1, 0.15) is 18.4 Å². The summed E-state index contributed by atoms with van der Waals surface area (Å²) < 4.78 is -1.34. The number of carbonyl (C=O) groups is 1. The lowest BCUT2D eigenvalue weighted by molar-refractivity contribution is -0.137. The Labute approximate surface area is 129 Å². The fourth-order valence-electron chi connectivity index (χ4n) is 1.30. The van der Waals surface area contributed by atoms with E-state index in [9.17, 15) is 4.79 Å². The molecule has 0 heterocycles. The number of thioether (sulfide) groups is 1. The SMILES string of the molecule is O=C(O)C(Cl)(Br)CCCSCc1ccccc1Cl. The maximum absolute atomic E-state index is 10.7. The second kappa shape index (κ2) is 7.63. The Morgan fingerprint density at radius 2 is 2.11 bits per heavy atom. The Hall–Kier alpha value is 0.1000. The molecule has 1 unspecified atom stereocenters. The van der Waals surface area contributed by atoms with Crippen molar-refractivity contribution >= 4 is 56.9 Å². The van der Waals surface area contributed by atoms with Crippen LogP contribution in [0.15, 0.2) is 24.3 Å². The van der Waals surface area contributed by atoms with E-state index in [0.717, 1.165) is 28.5 Å². The summed E-state index contributed by atoms with van der Waals surface area (Å²) in [4.78, 5) is 10.7. The number of hydrogen-bond donors (Lipinski definition) is 1. The van der Waals surface area contributed by atoms with E-state index < -0.39 is 9.75 Å². The first-order valence-corrected chi connectivity index (χ1v) is 8.06. The molecule has 100 valence electrons. The van der Waals surface area contributed by atoms with Crippen LogP contribution in [0.25, 0.3) is 0 Å². The zero-order valence-corrected chi connectivity index (χ0v) is 13.4. The number of carboxylic acids is 1. The Bertz CT molecular complexity index is 413. The van der Waals surface area contributed by atoms with E-state index in [2.05, 4.69) is 15.9 Å². The van der Waals surface area contributed by atoms with Gasteiger partial charge in [0.05, 0.1) is 0 Å². The molecule has 0 amide bonds. The molecule has 1 N–H and O–H groups in total. The normalized spacial score (nSPS) is 14.2. The van der Waals surface area contributed by atoms with E-state index in [-0.39, 0.29) is 0 Å². The van der Waals surface area contributed by atoms with E-state index in [0.29, 0.717) is 6.42 Å². The first-order valence-electron chi connectivity index (χ1n) is 5.36. The number of hydrogen-bond acceptors (Lipinski definition) is 2. The summed E-state index contributed by atoms with van der Waals surface area (Å²) in [5.74, 6) is 0.628. The van der Waals surface area contributed by atoms with Crippen LogP contribution in [-0.2, 0) is 10.5 Å². The van der Waals surface area contributed by atoms with Gasteiger partial charge in [0.1, 0.15) is 0 Å². The van der Waals surface area contributed by atoms with Crippen molar-refractivity contribution in [3.05, 3.63) is 34.9 Å². The van der Waals surface area contributed by atoms with Crippen LogP contribution in [0.5, 0.6) is 0 Å². The van der Waals surface area contributed by atoms with Gasteiger partial charge in [-0.25, -0.2) is 4.79 Å². The lowest BCUT2D eigenvalue weighted by atomic mass is 10.2. The van der Waals surface area contributed by atoms with Crippen LogP contribution in [0.2, 0.25) is 5.02 Å². The Kier molecular flexibility index (Phi) is 6.85. The maximum atomic E-state index is 10.7. The fourth-order valence-corrected chi connectivity index (χ4v) is 2.96. The molecule has 0 saturated carbocycles. The molecule has 1 aromatic rings. The summed E-state index contributed by atoms with van der Waals surface area (Å²) >= 11 is 16.5. The number of rotatable bonds is 7. The summed E-state index contributed by atoms with van der Waals surface area (Å²) in [6, 6.07) is 7.71. The monoisotopic (exact) mass is 370 g/mol. The number of aliphatic carboxylic acids is 1. The topological polar surface area (TPSA) is 37.3 Å². The zero-order chi connectivity index (χ0) is 13.6. The van der Waals surface area contributed by atoms with Gasteiger partial charge >= 0.3 is 5.97 Å². The van der Waals surface area contributed by atoms with Crippen molar-refractivity contribution in [3.63, 3.8) is 0 Å². The van der Waals surface area contributed by atoms with Crippen molar-refractivity contribution in [2.75, 3.05) is 5.75 Å². The zero-order valence-electron chi connectivity index (χ0n) is 9.54. The minimum Gasteiger partial charge on any atom is -0.479 e. The summed E-state index contributed by atoms with van der Waals surface area (Å²) in [7, 11) is 0. The maximum Gasteiger partial charge on any atom is 0.335 e. The van der Waals surface area contributed by atoms with E-state index in [1.54, 1.807) is 11.8 Å². The molecule has 0 aliphatic rings. The average Bonchev–Trinajstić information content (AvgIpc) is 2.30. The third-order valence-corrected chi connectivity index (χ3v) is 4.86. The standard InChI is InChI=1S/C12H13BrCl2O2S/c13-12(15,11(16)17)6-3-7-18-8-9-4-1-2-5-10(9)14/h1-2,4-5H,3,6-8H2,(H,16,17). The average molecular weight is 372 g/mol. The van der Waals surface area contributed by atoms with Gasteiger partial charge < -0.3 is 5.11 Å². The van der Waals surface area contributed by atoms with Gasteiger partial charge in [0, 0.05) is 10.8 Å². The number of benzene rings is 1. The lowest BCUT2D eigenvalue weighted by Gasteiger charge is -2.13. The molecule has 0 saturated heterocycles. The predicted molar refractivity (Wildman–Crippen MR) is 82.0 cm³/mol. The third-order valence-electron chi connectivity index (χ3n) is 2.31. The predicted octanol–water partition coefficient (Wildman–Crippen LogP) is 4.77. The number of carboxylic acid groups (broad SMARTS) is 1. The summed E-state index contributed by atoms with van der Waals surface area (Å²) in [5.41, 5.74) is 1.10. The number of alkyl halides is 2. The molecule has 0 aliphatic carbocycles. The highest BCUT2D eigenvalue weighted by molar-refractivity contribution is 9.10. The van der Waals surface area contributed by atoms with Gasteiger partial charge in [-0.15, -0.1) is 0 Å². The summed E-state index contributed by atoms with van der Waals surface area (Å²) in [5, 5.41) is 9.58. The molecule has 0 fully saturated rings. The van der Waals surface area contributed by atoms with Crippen molar-refractivity contribution in [2.45, 2.75) is 22.4 Å². The molecule has 6 heteroatoms. The van der Waals surface area contributed by atoms with E-state index in [4.69, 9.17) is 28.3 Å². The van der Waals surface area contributed by atoms with Crippen LogP contribution >= 0.6 is 50.9 Å². The Balaban J connectivity index is 2.24. The second-order valence-electron chi connectivity index (χ2n) is 3.76. The van der Waals surface area contributed by atoms with Crippen LogP contribution in [0.3, 0.4) is 0 Å². The minimum atomic E-state index is -1.34. The van der Waals surface area contributed by atoms with Gasteiger partial charge in [0.2, 0.25) is 0 Å². The van der Waals surface area contributed by atoms with Crippen molar-refractivity contribution in [3.8, 4) is 0 Å². The fraction of sp³-hybridized carbons (Fsp3) is 0.417. The van der Waals surface area contributed by atoms with Crippen LogP contribution in [0.4, 0.5) is 0 Å². The quantitative estimate of drug-likeness (QED) is 0.554. The highest BCUT2D eigenvalue weighted by Crippen LogP contribution is 2.30. The van der Waals surface area contributed by atoms with Gasteiger partial charge in [-0.1, -0.05) is 57.3 Å². The molecule has 0 radical (unpaired) electrons. The first-order chi connectivity index (χ1) is 8.43.